The second-order valence-corrected chi connectivity index (χ2v) is 6.35. The van der Waals surface area contributed by atoms with E-state index in [2.05, 4.69) is 15.2 Å². The summed E-state index contributed by atoms with van der Waals surface area (Å²) in [4.78, 5) is 18.7. The quantitative estimate of drug-likeness (QED) is 0.871. The Balaban J connectivity index is 1.55. The summed E-state index contributed by atoms with van der Waals surface area (Å²) in [5.41, 5.74) is 0.852. The largest absolute Gasteiger partial charge is 0.418 e. The lowest BCUT2D eigenvalue weighted by molar-refractivity contribution is -0.136. The number of nitrogens with zero attached hydrogens (tertiary/aromatic N) is 4. The minimum atomic E-state index is -0.0637. The average molecular weight is 312 g/mol. The van der Waals surface area contributed by atoms with E-state index in [1.54, 1.807) is 12.4 Å². The summed E-state index contributed by atoms with van der Waals surface area (Å²) in [5, 5.41) is 8.34. The highest BCUT2D eigenvalue weighted by atomic mass is 16.4. The van der Waals surface area contributed by atoms with Gasteiger partial charge in [0, 0.05) is 30.4 Å². The van der Waals surface area contributed by atoms with Gasteiger partial charge in [0.15, 0.2) is 0 Å². The molecule has 1 atom stereocenters. The molecular weight excluding hydrogens is 292 g/mol. The van der Waals surface area contributed by atoms with Crippen LogP contribution in [-0.2, 0) is 4.79 Å². The number of pyridine rings is 1. The number of carbonyl (C=O) groups excluding carboxylic acids is 1. The monoisotopic (exact) mass is 312 g/mol. The molecule has 1 saturated carbocycles. The zero-order valence-corrected chi connectivity index (χ0v) is 13.0. The van der Waals surface area contributed by atoms with Crippen LogP contribution in [0.3, 0.4) is 0 Å². The van der Waals surface area contributed by atoms with Crippen molar-refractivity contribution in [2.45, 2.75) is 44.6 Å². The van der Waals surface area contributed by atoms with Crippen LogP contribution >= 0.6 is 0 Å². The van der Waals surface area contributed by atoms with Crippen molar-refractivity contribution in [3.8, 4) is 11.5 Å². The molecule has 1 saturated heterocycles. The molecule has 23 heavy (non-hydrogen) atoms. The summed E-state index contributed by atoms with van der Waals surface area (Å²) in [5.74, 6) is 1.51. The average Bonchev–Trinajstić information content (AvgIpc) is 3.35. The number of hydrogen-bond acceptors (Lipinski definition) is 5. The number of rotatable bonds is 3. The lowest BCUT2D eigenvalue weighted by atomic mass is 10.1. The van der Waals surface area contributed by atoms with Gasteiger partial charge in [0.25, 0.3) is 0 Å². The lowest BCUT2D eigenvalue weighted by Crippen LogP contribution is -2.35. The van der Waals surface area contributed by atoms with Crippen molar-refractivity contribution < 1.29 is 9.21 Å². The second kappa shape index (κ2) is 6.10. The normalized spacial score (nSPS) is 21.9. The van der Waals surface area contributed by atoms with Gasteiger partial charge in [-0.05, 0) is 37.8 Å². The maximum absolute atomic E-state index is 12.7. The van der Waals surface area contributed by atoms with Crippen LogP contribution < -0.4 is 0 Å². The maximum Gasteiger partial charge on any atom is 0.247 e. The van der Waals surface area contributed by atoms with Crippen molar-refractivity contribution in [3.05, 3.63) is 30.4 Å². The minimum Gasteiger partial charge on any atom is -0.418 e. The van der Waals surface area contributed by atoms with E-state index in [1.807, 2.05) is 17.0 Å². The molecule has 0 spiro atoms. The highest BCUT2D eigenvalue weighted by Gasteiger charge is 2.37. The van der Waals surface area contributed by atoms with Gasteiger partial charge in [-0.3, -0.25) is 9.78 Å². The summed E-state index contributed by atoms with van der Waals surface area (Å²) in [7, 11) is 0. The second-order valence-electron chi connectivity index (χ2n) is 6.35. The SMILES string of the molecule is O=C(C1CCCC1)N1CCCC1c1nnc(-c2ccncc2)o1. The minimum absolute atomic E-state index is 0.0637. The molecular formula is C17H20N4O2. The lowest BCUT2D eigenvalue weighted by Gasteiger charge is -2.25. The van der Waals surface area contributed by atoms with E-state index in [9.17, 15) is 4.79 Å². The predicted octanol–water partition coefficient (Wildman–Crippen LogP) is 2.99. The summed E-state index contributed by atoms with van der Waals surface area (Å²) >= 11 is 0. The first-order valence-electron chi connectivity index (χ1n) is 8.37. The number of carbonyl (C=O) groups is 1. The maximum atomic E-state index is 12.7. The molecule has 1 unspecified atom stereocenters. The molecule has 1 aliphatic carbocycles. The smallest absolute Gasteiger partial charge is 0.247 e. The molecule has 0 aromatic carbocycles. The fourth-order valence-electron chi connectivity index (χ4n) is 3.67. The first kappa shape index (κ1) is 14.4. The predicted molar refractivity (Wildman–Crippen MR) is 83.2 cm³/mol. The molecule has 2 aromatic rings. The Morgan fingerprint density at radius 2 is 1.87 bits per heavy atom. The van der Waals surface area contributed by atoms with E-state index in [4.69, 9.17) is 4.42 Å². The zero-order valence-electron chi connectivity index (χ0n) is 13.0. The Morgan fingerprint density at radius 3 is 2.65 bits per heavy atom. The van der Waals surface area contributed by atoms with Gasteiger partial charge >= 0.3 is 0 Å². The van der Waals surface area contributed by atoms with Crippen LogP contribution in [0.4, 0.5) is 0 Å². The van der Waals surface area contributed by atoms with Gasteiger partial charge in [-0.2, -0.15) is 0 Å². The topological polar surface area (TPSA) is 72.1 Å². The van der Waals surface area contributed by atoms with Crippen LogP contribution in [0.25, 0.3) is 11.5 Å². The molecule has 0 radical (unpaired) electrons. The van der Waals surface area contributed by atoms with E-state index in [0.717, 1.165) is 37.8 Å². The molecule has 0 bridgehead atoms. The fraction of sp³-hybridized carbons (Fsp3) is 0.529. The van der Waals surface area contributed by atoms with Gasteiger partial charge in [-0.1, -0.05) is 12.8 Å². The molecule has 2 fully saturated rings. The molecule has 1 aliphatic heterocycles. The molecule has 2 aliphatic rings. The van der Waals surface area contributed by atoms with E-state index in [0.29, 0.717) is 11.8 Å². The zero-order chi connectivity index (χ0) is 15.6. The van der Waals surface area contributed by atoms with Crippen molar-refractivity contribution >= 4 is 5.91 Å². The van der Waals surface area contributed by atoms with Gasteiger partial charge in [0.2, 0.25) is 17.7 Å². The Hall–Kier alpha value is -2.24. The summed E-state index contributed by atoms with van der Waals surface area (Å²) in [6.45, 7) is 0.799. The summed E-state index contributed by atoms with van der Waals surface area (Å²) < 4.78 is 5.85. The molecule has 4 rings (SSSR count). The molecule has 3 heterocycles. The number of hydrogen-bond donors (Lipinski definition) is 0. The fourth-order valence-corrected chi connectivity index (χ4v) is 3.67. The van der Waals surface area contributed by atoms with E-state index < -0.39 is 0 Å². The molecule has 6 heteroatoms. The number of aromatic nitrogens is 3. The third-order valence-electron chi connectivity index (χ3n) is 4.89. The highest BCUT2D eigenvalue weighted by Crippen LogP contribution is 2.36. The van der Waals surface area contributed by atoms with E-state index in [1.165, 1.54) is 12.8 Å². The van der Waals surface area contributed by atoms with Crippen molar-refractivity contribution in [1.82, 2.24) is 20.1 Å². The van der Waals surface area contributed by atoms with Gasteiger partial charge in [0.05, 0.1) is 0 Å². The van der Waals surface area contributed by atoms with Gasteiger partial charge in [0.1, 0.15) is 6.04 Å². The van der Waals surface area contributed by atoms with Crippen molar-refractivity contribution in [1.29, 1.82) is 0 Å². The Labute approximate surface area is 134 Å². The summed E-state index contributed by atoms with van der Waals surface area (Å²) in [6, 6.07) is 3.62. The first-order valence-corrected chi connectivity index (χ1v) is 8.37. The summed E-state index contributed by atoms with van der Waals surface area (Å²) in [6.07, 6.45) is 9.67. The van der Waals surface area contributed by atoms with Gasteiger partial charge < -0.3 is 9.32 Å². The van der Waals surface area contributed by atoms with Crippen LogP contribution in [0.15, 0.2) is 28.9 Å². The Morgan fingerprint density at radius 1 is 1.09 bits per heavy atom. The molecule has 6 nitrogen and oxygen atoms in total. The van der Waals surface area contributed by atoms with Crippen LogP contribution in [0.2, 0.25) is 0 Å². The van der Waals surface area contributed by atoms with Crippen LogP contribution in [0.1, 0.15) is 50.5 Å². The Kier molecular flexibility index (Phi) is 3.81. The van der Waals surface area contributed by atoms with Crippen molar-refractivity contribution in [2.24, 2.45) is 5.92 Å². The molecule has 0 N–H and O–H groups in total. The van der Waals surface area contributed by atoms with Crippen LogP contribution in [0, 0.1) is 5.92 Å². The van der Waals surface area contributed by atoms with Crippen molar-refractivity contribution in [2.75, 3.05) is 6.54 Å². The third-order valence-corrected chi connectivity index (χ3v) is 4.89. The molecule has 1 amide bonds. The number of likely N-dealkylation sites (tertiary alicyclic amines) is 1. The molecule has 120 valence electrons. The molecule has 2 aromatic heterocycles. The standard InChI is InChI=1S/C17H20N4O2/c22-17(13-4-1-2-5-13)21-11-3-6-14(21)16-20-19-15(23-16)12-7-9-18-10-8-12/h7-10,13-14H,1-6,11H2. The van der Waals surface area contributed by atoms with Crippen LogP contribution in [-0.4, -0.2) is 32.5 Å². The van der Waals surface area contributed by atoms with Gasteiger partial charge in [-0.15, -0.1) is 10.2 Å². The number of amides is 1. The Bertz CT molecular complexity index is 679. The van der Waals surface area contributed by atoms with E-state index in [-0.39, 0.29) is 17.9 Å². The van der Waals surface area contributed by atoms with E-state index >= 15 is 0 Å². The first-order chi connectivity index (χ1) is 11.3. The highest BCUT2D eigenvalue weighted by molar-refractivity contribution is 5.79. The van der Waals surface area contributed by atoms with Crippen LogP contribution in [0.5, 0.6) is 0 Å². The van der Waals surface area contributed by atoms with Crippen molar-refractivity contribution in [3.63, 3.8) is 0 Å². The van der Waals surface area contributed by atoms with Gasteiger partial charge in [-0.25, -0.2) is 0 Å². The third kappa shape index (κ3) is 2.73.